The minimum absolute atomic E-state index is 0.154. The van der Waals surface area contributed by atoms with E-state index in [2.05, 4.69) is 26.8 Å². The number of carbonyl (C=O) groups is 2. The molecule has 20 heavy (non-hydrogen) atoms. The molecule has 0 amide bonds. The lowest BCUT2D eigenvalue weighted by Crippen LogP contribution is -2.52. The van der Waals surface area contributed by atoms with Crippen molar-refractivity contribution in [2.75, 3.05) is 0 Å². The number of rotatable bonds is 4. The van der Waals surface area contributed by atoms with Crippen LogP contribution >= 0.6 is 0 Å². The van der Waals surface area contributed by atoms with Crippen LogP contribution in [0.3, 0.4) is 0 Å². The van der Waals surface area contributed by atoms with Gasteiger partial charge in [-0.3, -0.25) is 4.79 Å². The summed E-state index contributed by atoms with van der Waals surface area (Å²) in [7, 11) is 0. The maximum Gasteiger partial charge on any atom is 0.146 e. The summed E-state index contributed by atoms with van der Waals surface area (Å²) >= 11 is 0. The lowest BCUT2D eigenvalue weighted by molar-refractivity contribution is -0.152. The third kappa shape index (κ3) is 2.62. The highest BCUT2D eigenvalue weighted by atomic mass is 16.1. The molecule has 0 aromatic rings. The topological polar surface area (TPSA) is 34.1 Å². The van der Waals surface area contributed by atoms with Gasteiger partial charge in [0.2, 0.25) is 0 Å². The van der Waals surface area contributed by atoms with Crippen molar-refractivity contribution >= 4 is 12.1 Å². The second-order valence-electron chi connectivity index (χ2n) is 7.35. The van der Waals surface area contributed by atoms with Crippen molar-refractivity contribution in [1.29, 1.82) is 0 Å². The number of Topliss-reactive ketones (excluding diaryl/α,β-unsaturated/α-hetero) is 1. The Morgan fingerprint density at radius 1 is 1.30 bits per heavy atom. The summed E-state index contributed by atoms with van der Waals surface area (Å²) in [5.74, 6) is 0.491. The minimum Gasteiger partial charge on any atom is -0.302 e. The summed E-state index contributed by atoms with van der Waals surface area (Å²) in [6.07, 6.45) is 11.1. The molecule has 0 unspecified atom stereocenters. The standard InChI is InChI=1S/C18H28O2/c1-14(2)7-5-10-17(3)11-6-12-18(13-19)15(17)8-4-9-16(18)20/h7,13,15H,4-6,8-12H2,1-3H3/t15-,17+,18+/m0/s1. The molecular formula is C18H28O2. The zero-order valence-corrected chi connectivity index (χ0v) is 13.2. The third-order valence-corrected chi connectivity index (χ3v) is 5.70. The van der Waals surface area contributed by atoms with Crippen molar-refractivity contribution in [1.82, 2.24) is 0 Å². The summed E-state index contributed by atoms with van der Waals surface area (Å²) in [6, 6.07) is 0. The normalized spacial score (nSPS) is 37.1. The molecule has 2 saturated carbocycles. The fourth-order valence-corrected chi connectivity index (χ4v) is 4.59. The molecule has 0 spiro atoms. The first-order valence-electron chi connectivity index (χ1n) is 8.08. The lowest BCUT2D eigenvalue weighted by Gasteiger charge is -2.53. The van der Waals surface area contributed by atoms with Crippen LogP contribution in [0.5, 0.6) is 0 Å². The Labute approximate surface area is 123 Å². The highest BCUT2D eigenvalue weighted by Crippen LogP contribution is 2.57. The molecule has 0 aliphatic heterocycles. The Balaban J connectivity index is 2.23. The summed E-state index contributed by atoms with van der Waals surface area (Å²) in [5.41, 5.74) is 0.864. The van der Waals surface area contributed by atoms with Crippen LogP contribution in [-0.4, -0.2) is 12.1 Å². The number of fused-ring (bicyclic) bond motifs is 1. The Kier molecular flexibility index (Phi) is 4.51. The van der Waals surface area contributed by atoms with E-state index in [9.17, 15) is 9.59 Å². The maximum absolute atomic E-state index is 12.4. The van der Waals surface area contributed by atoms with Gasteiger partial charge in [-0.15, -0.1) is 0 Å². The molecule has 0 aromatic heterocycles. The first kappa shape index (κ1) is 15.5. The quantitative estimate of drug-likeness (QED) is 0.431. The van der Waals surface area contributed by atoms with Gasteiger partial charge < -0.3 is 4.79 Å². The van der Waals surface area contributed by atoms with Crippen molar-refractivity contribution in [2.24, 2.45) is 16.7 Å². The second-order valence-corrected chi connectivity index (χ2v) is 7.35. The molecule has 0 radical (unpaired) electrons. The molecule has 2 fully saturated rings. The minimum atomic E-state index is -0.643. The average molecular weight is 276 g/mol. The molecule has 0 heterocycles. The Morgan fingerprint density at radius 3 is 2.70 bits per heavy atom. The number of hydrogen-bond donors (Lipinski definition) is 0. The lowest BCUT2D eigenvalue weighted by atomic mass is 9.49. The van der Waals surface area contributed by atoms with Crippen LogP contribution in [0.2, 0.25) is 0 Å². The molecule has 0 aromatic carbocycles. The summed E-state index contributed by atoms with van der Waals surface area (Å²) in [4.78, 5) is 24.2. The molecule has 112 valence electrons. The van der Waals surface area contributed by atoms with Crippen LogP contribution in [-0.2, 0) is 9.59 Å². The molecule has 2 nitrogen and oxygen atoms in total. The van der Waals surface area contributed by atoms with Gasteiger partial charge in [-0.1, -0.05) is 25.0 Å². The smallest absolute Gasteiger partial charge is 0.146 e. The molecule has 0 bridgehead atoms. The van der Waals surface area contributed by atoms with E-state index < -0.39 is 5.41 Å². The van der Waals surface area contributed by atoms with E-state index in [4.69, 9.17) is 0 Å². The van der Waals surface area contributed by atoms with Crippen LogP contribution in [0, 0.1) is 16.7 Å². The highest BCUT2D eigenvalue weighted by Gasteiger charge is 2.55. The van der Waals surface area contributed by atoms with Crippen LogP contribution in [0.4, 0.5) is 0 Å². The van der Waals surface area contributed by atoms with E-state index in [1.807, 2.05) is 0 Å². The Morgan fingerprint density at radius 2 is 2.05 bits per heavy atom. The van der Waals surface area contributed by atoms with Gasteiger partial charge in [0.05, 0.1) is 5.41 Å². The fraction of sp³-hybridized carbons (Fsp3) is 0.778. The monoisotopic (exact) mass is 276 g/mol. The largest absolute Gasteiger partial charge is 0.302 e. The fourth-order valence-electron chi connectivity index (χ4n) is 4.59. The molecule has 2 aliphatic carbocycles. The van der Waals surface area contributed by atoms with E-state index in [1.165, 1.54) is 5.57 Å². The SMILES string of the molecule is CC(C)=CCC[C@]1(C)CCC[C@]2(C=O)C(=O)CCC[C@@H]12. The van der Waals surface area contributed by atoms with E-state index in [-0.39, 0.29) is 17.1 Å². The highest BCUT2D eigenvalue weighted by molar-refractivity contribution is 5.99. The van der Waals surface area contributed by atoms with Crippen molar-refractivity contribution in [3.8, 4) is 0 Å². The van der Waals surface area contributed by atoms with Crippen molar-refractivity contribution < 1.29 is 9.59 Å². The van der Waals surface area contributed by atoms with Gasteiger partial charge in [-0.05, 0) is 63.7 Å². The van der Waals surface area contributed by atoms with Crippen molar-refractivity contribution in [3.63, 3.8) is 0 Å². The molecule has 3 atom stereocenters. The molecular weight excluding hydrogens is 248 g/mol. The van der Waals surface area contributed by atoms with E-state index >= 15 is 0 Å². The van der Waals surface area contributed by atoms with Gasteiger partial charge in [0.15, 0.2) is 0 Å². The maximum atomic E-state index is 12.4. The first-order chi connectivity index (χ1) is 9.44. The average Bonchev–Trinajstić information content (AvgIpc) is 2.40. The molecule has 0 saturated heterocycles. The molecule has 2 rings (SSSR count). The van der Waals surface area contributed by atoms with E-state index in [0.717, 1.165) is 51.2 Å². The van der Waals surface area contributed by atoms with Gasteiger partial charge in [-0.2, -0.15) is 0 Å². The van der Waals surface area contributed by atoms with Crippen LogP contribution < -0.4 is 0 Å². The van der Waals surface area contributed by atoms with Crippen molar-refractivity contribution in [3.05, 3.63) is 11.6 Å². The van der Waals surface area contributed by atoms with Crippen LogP contribution in [0.1, 0.15) is 72.1 Å². The predicted molar refractivity (Wildman–Crippen MR) is 81.5 cm³/mol. The molecule has 0 N–H and O–H groups in total. The van der Waals surface area contributed by atoms with E-state index in [0.29, 0.717) is 6.42 Å². The zero-order valence-electron chi connectivity index (χ0n) is 13.2. The van der Waals surface area contributed by atoms with Gasteiger partial charge >= 0.3 is 0 Å². The summed E-state index contributed by atoms with van der Waals surface area (Å²) < 4.78 is 0. The number of aldehydes is 1. The zero-order chi connectivity index (χ0) is 14.8. The Bertz CT molecular complexity index is 419. The van der Waals surface area contributed by atoms with Crippen molar-refractivity contribution in [2.45, 2.75) is 72.1 Å². The first-order valence-corrected chi connectivity index (χ1v) is 8.08. The molecule has 2 heteroatoms. The summed E-state index contributed by atoms with van der Waals surface area (Å²) in [6.45, 7) is 6.57. The van der Waals surface area contributed by atoms with Crippen LogP contribution in [0.15, 0.2) is 11.6 Å². The number of hydrogen-bond acceptors (Lipinski definition) is 2. The van der Waals surface area contributed by atoms with Gasteiger partial charge in [0, 0.05) is 6.42 Å². The van der Waals surface area contributed by atoms with E-state index in [1.54, 1.807) is 0 Å². The molecule has 2 aliphatic rings. The van der Waals surface area contributed by atoms with Gasteiger partial charge in [-0.25, -0.2) is 0 Å². The Hall–Kier alpha value is -0.920. The number of carbonyl (C=O) groups excluding carboxylic acids is 2. The van der Waals surface area contributed by atoms with Gasteiger partial charge in [0.1, 0.15) is 12.1 Å². The number of ketones is 1. The predicted octanol–water partition coefficient (Wildman–Crippen LogP) is 4.48. The number of allylic oxidation sites excluding steroid dienone is 2. The third-order valence-electron chi connectivity index (χ3n) is 5.70. The second kappa shape index (κ2) is 5.83. The summed E-state index contributed by atoms with van der Waals surface area (Å²) in [5, 5.41) is 0. The van der Waals surface area contributed by atoms with Crippen LogP contribution in [0.25, 0.3) is 0 Å². The van der Waals surface area contributed by atoms with Gasteiger partial charge in [0.25, 0.3) is 0 Å².